The van der Waals surface area contributed by atoms with Gasteiger partial charge in [0.25, 0.3) is 0 Å². The third-order valence-corrected chi connectivity index (χ3v) is 3.33. The summed E-state index contributed by atoms with van der Waals surface area (Å²) in [6.45, 7) is 2.73. The number of nitrogens with zero attached hydrogens (tertiary/aromatic N) is 1. The van der Waals surface area contributed by atoms with E-state index < -0.39 is 0 Å². The molecule has 2 aromatic rings. The number of carbonyl (C=O) groups is 1. The molecular weight excluding hydrogens is 252 g/mol. The molecule has 18 heavy (non-hydrogen) atoms. The van der Waals surface area contributed by atoms with Crippen LogP contribution in [0.25, 0.3) is 0 Å². The summed E-state index contributed by atoms with van der Waals surface area (Å²) in [6, 6.07) is 1.73. The quantitative estimate of drug-likeness (QED) is 0.718. The summed E-state index contributed by atoms with van der Waals surface area (Å²) in [5.41, 5.74) is 7.24. The van der Waals surface area contributed by atoms with E-state index in [1.165, 1.54) is 11.3 Å². The lowest BCUT2D eigenvalue weighted by molar-refractivity contribution is 0.0533. The van der Waals surface area contributed by atoms with Gasteiger partial charge in [-0.15, -0.1) is 11.3 Å². The Morgan fingerprint density at radius 1 is 1.67 bits per heavy atom. The van der Waals surface area contributed by atoms with Gasteiger partial charge < -0.3 is 15.8 Å². The van der Waals surface area contributed by atoms with Gasteiger partial charge in [-0.1, -0.05) is 0 Å². The van der Waals surface area contributed by atoms with Gasteiger partial charge in [0, 0.05) is 18.3 Å². The van der Waals surface area contributed by atoms with Crippen LogP contribution in [-0.2, 0) is 11.3 Å². The van der Waals surface area contributed by atoms with Crippen molar-refractivity contribution in [1.82, 2.24) is 10.2 Å². The fourth-order valence-corrected chi connectivity index (χ4v) is 2.28. The van der Waals surface area contributed by atoms with Crippen molar-refractivity contribution in [1.29, 1.82) is 0 Å². The van der Waals surface area contributed by atoms with Crippen LogP contribution in [0, 0.1) is 0 Å². The van der Waals surface area contributed by atoms with E-state index >= 15 is 0 Å². The lowest BCUT2D eigenvalue weighted by Gasteiger charge is -2.00. The lowest BCUT2D eigenvalue weighted by atomic mass is 10.3. The number of nitrogen functional groups attached to an aromatic ring is 1. The first-order valence-corrected chi connectivity index (χ1v) is 6.30. The molecule has 0 radical (unpaired) electrons. The molecule has 0 bridgehead atoms. The number of hydrogen-bond donors (Lipinski definition) is 3. The zero-order chi connectivity index (χ0) is 13.0. The summed E-state index contributed by atoms with van der Waals surface area (Å²) < 4.78 is 4.92. The Kier molecular flexibility index (Phi) is 3.83. The molecular formula is C11H14N4O2S. The molecule has 0 fully saturated rings. The highest BCUT2D eigenvalue weighted by molar-refractivity contribution is 7.18. The largest absolute Gasteiger partial charge is 0.462 e. The molecule has 0 amide bonds. The smallest absolute Gasteiger partial charge is 0.350 e. The molecule has 0 unspecified atom stereocenters. The van der Waals surface area contributed by atoms with Crippen molar-refractivity contribution in [3.05, 3.63) is 28.9 Å². The Morgan fingerprint density at radius 3 is 3.17 bits per heavy atom. The number of ether oxygens (including phenoxy) is 1. The number of esters is 1. The van der Waals surface area contributed by atoms with E-state index in [0.717, 1.165) is 10.6 Å². The zero-order valence-corrected chi connectivity index (χ0v) is 10.7. The number of rotatable bonds is 5. The van der Waals surface area contributed by atoms with Crippen molar-refractivity contribution in [2.45, 2.75) is 13.5 Å². The first-order valence-electron chi connectivity index (χ1n) is 5.48. The predicted molar refractivity (Wildman–Crippen MR) is 70.6 cm³/mol. The number of nitrogens with one attached hydrogen (secondary N) is 2. The number of thiophene rings is 1. The van der Waals surface area contributed by atoms with Crippen molar-refractivity contribution >= 4 is 28.0 Å². The minimum absolute atomic E-state index is 0.341. The lowest BCUT2D eigenvalue weighted by Crippen LogP contribution is -2.04. The van der Waals surface area contributed by atoms with Gasteiger partial charge in [-0.05, 0) is 13.0 Å². The fourth-order valence-electron chi connectivity index (χ4n) is 1.41. The molecule has 6 nitrogen and oxygen atoms in total. The summed E-state index contributed by atoms with van der Waals surface area (Å²) in [7, 11) is 0. The maximum absolute atomic E-state index is 11.6. The van der Waals surface area contributed by atoms with Gasteiger partial charge in [0.2, 0.25) is 0 Å². The summed E-state index contributed by atoms with van der Waals surface area (Å²) in [5, 5.41) is 10.6. The number of hydrogen-bond acceptors (Lipinski definition) is 6. The third kappa shape index (κ3) is 2.80. The number of nitrogens with two attached hydrogens (primary N) is 1. The van der Waals surface area contributed by atoms with E-state index in [9.17, 15) is 4.79 Å². The highest BCUT2D eigenvalue weighted by atomic mass is 32.1. The second-order valence-electron chi connectivity index (χ2n) is 3.58. The number of carbonyl (C=O) groups excluding carboxylic acids is 1. The second-order valence-corrected chi connectivity index (χ2v) is 4.63. The van der Waals surface area contributed by atoms with Crippen molar-refractivity contribution in [3.63, 3.8) is 0 Å². The molecule has 0 atom stereocenters. The molecule has 0 spiro atoms. The molecule has 0 saturated heterocycles. The summed E-state index contributed by atoms with van der Waals surface area (Å²) in [6.07, 6.45) is 3.53. The van der Waals surface area contributed by atoms with Crippen LogP contribution in [0.15, 0.2) is 18.5 Å². The molecule has 4 N–H and O–H groups in total. The number of H-pyrrole nitrogens is 1. The van der Waals surface area contributed by atoms with Gasteiger partial charge in [0.15, 0.2) is 0 Å². The van der Waals surface area contributed by atoms with E-state index in [0.29, 0.717) is 23.7 Å². The van der Waals surface area contributed by atoms with Crippen LogP contribution in [0.3, 0.4) is 0 Å². The summed E-state index contributed by atoms with van der Waals surface area (Å²) in [5.74, 6) is -0.378. The average molecular weight is 266 g/mol. The Bertz CT molecular complexity index is 521. The van der Waals surface area contributed by atoms with E-state index in [1.54, 1.807) is 25.4 Å². The van der Waals surface area contributed by atoms with Crippen LogP contribution in [0.5, 0.6) is 0 Å². The highest BCUT2D eigenvalue weighted by Gasteiger charge is 2.15. The van der Waals surface area contributed by atoms with Crippen LogP contribution < -0.4 is 11.1 Å². The van der Waals surface area contributed by atoms with Crippen molar-refractivity contribution < 1.29 is 9.53 Å². The van der Waals surface area contributed by atoms with Gasteiger partial charge in [-0.25, -0.2) is 4.79 Å². The zero-order valence-electron chi connectivity index (χ0n) is 9.90. The van der Waals surface area contributed by atoms with E-state index in [4.69, 9.17) is 10.5 Å². The molecule has 0 aromatic carbocycles. The van der Waals surface area contributed by atoms with E-state index in [2.05, 4.69) is 15.5 Å². The molecule has 0 saturated carbocycles. The van der Waals surface area contributed by atoms with Gasteiger partial charge >= 0.3 is 5.97 Å². The monoisotopic (exact) mass is 266 g/mol. The molecule has 0 aliphatic heterocycles. The summed E-state index contributed by atoms with van der Waals surface area (Å²) in [4.78, 5) is 12.0. The normalized spacial score (nSPS) is 10.3. The van der Waals surface area contributed by atoms with Gasteiger partial charge in [-0.2, -0.15) is 5.10 Å². The van der Waals surface area contributed by atoms with Crippen LogP contribution >= 0.6 is 11.3 Å². The standard InChI is InChI=1S/C11H14N4O2S/c1-2-17-11(16)10-8(12)3-9(18-10)13-4-7-5-14-15-6-7/h3,5-6,13H,2,4,12H2,1H3,(H,14,15). The third-order valence-electron chi connectivity index (χ3n) is 2.24. The van der Waals surface area contributed by atoms with Crippen LogP contribution in [0.4, 0.5) is 10.7 Å². The van der Waals surface area contributed by atoms with Gasteiger partial charge in [0.05, 0.1) is 23.5 Å². The van der Waals surface area contributed by atoms with Crippen molar-refractivity contribution in [2.75, 3.05) is 17.7 Å². The maximum Gasteiger partial charge on any atom is 0.350 e. The molecule has 7 heteroatoms. The average Bonchev–Trinajstić information content (AvgIpc) is 2.96. The first kappa shape index (κ1) is 12.4. The Morgan fingerprint density at radius 2 is 2.50 bits per heavy atom. The Balaban J connectivity index is 2.02. The molecule has 2 rings (SSSR count). The van der Waals surface area contributed by atoms with Crippen LogP contribution in [-0.4, -0.2) is 22.8 Å². The van der Waals surface area contributed by atoms with Gasteiger partial charge in [0.1, 0.15) is 4.88 Å². The minimum Gasteiger partial charge on any atom is -0.462 e. The molecule has 2 aromatic heterocycles. The number of anilines is 2. The summed E-state index contributed by atoms with van der Waals surface area (Å²) >= 11 is 1.29. The topological polar surface area (TPSA) is 93.0 Å². The number of aromatic amines is 1. The first-order chi connectivity index (χ1) is 8.70. The Hall–Kier alpha value is -2.02. The van der Waals surface area contributed by atoms with Crippen molar-refractivity contribution in [3.8, 4) is 0 Å². The maximum atomic E-state index is 11.6. The predicted octanol–water partition coefficient (Wildman–Crippen LogP) is 1.84. The minimum atomic E-state index is -0.378. The van der Waals surface area contributed by atoms with Crippen molar-refractivity contribution in [2.24, 2.45) is 0 Å². The van der Waals surface area contributed by atoms with E-state index in [1.807, 2.05) is 0 Å². The van der Waals surface area contributed by atoms with Crippen LogP contribution in [0.2, 0.25) is 0 Å². The molecule has 96 valence electrons. The number of aromatic nitrogens is 2. The van der Waals surface area contributed by atoms with Crippen LogP contribution in [0.1, 0.15) is 22.2 Å². The Labute approximate surface area is 108 Å². The SMILES string of the molecule is CCOC(=O)c1sc(NCc2cn[nH]c2)cc1N. The molecule has 0 aliphatic rings. The molecule has 2 heterocycles. The fraction of sp³-hybridized carbons (Fsp3) is 0.273. The van der Waals surface area contributed by atoms with Gasteiger partial charge in [-0.3, -0.25) is 5.10 Å². The second kappa shape index (κ2) is 5.54. The van der Waals surface area contributed by atoms with E-state index in [-0.39, 0.29) is 5.97 Å². The molecule has 0 aliphatic carbocycles. The highest BCUT2D eigenvalue weighted by Crippen LogP contribution is 2.30.